The van der Waals surface area contributed by atoms with E-state index in [2.05, 4.69) is 75.2 Å². The zero-order valence-electron chi connectivity index (χ0n) is 19.5. The molecule has 0 spiro atoms. The second-order valence-electron chi connectivity index (χ2n) is 8.67. The number of aryl methyl sites for hydroxylation is 4. The molecule has 0 radical (unpaired) electrons. The summed E-state index contributed by atoms with van der Waals surface area (Å²) in [4.78, 5) is 15.3. The summed E-state index contributed by atoms with van der Waals surface area (Å²) in [5, 5.41) is 12.5. The fraction of sp³-hybridized carbons (Fsp3) is 0.400. The van der Waals surface area contributed by atoms with Crippen LogP contribution in [-0.4, -0.2) is 39.0 Å². The fourth-order valence-electron chi connectivity index (χ4n) is 4.19. The van der Waals surface area contributed by atoms with E-state index >= 15 is 0 Å². The molecule has 4 rings (SSSR count). The summed E-state index contributed by atoms with van der Waals surface area (Å²) in [6.07, 6.45) is 2.33. The molecule has 0 saturated carbocycles. The van der Waals surface area contributed by atoms with E-state index in [9.17, 15) is 4.79 Å². The lowest BCUT2D eigenvalue weighted by Crippen LogP contribution is -2.24. The second-order valence-corrected chi connectivity index (χ2v) is 9.98. The number of benzene rings is 2. The van der Waals surface area contributed by atoms with Gasteiger partial charge in [-0.1, -0.05) is 47.2 Å². The number of thioether (sulfide) groups is 1. The van der Waals surface area contributed by atoms with E-state index in [0.717, 1.165) is 59.5 Å². The molecule has 1 N–H and O–H groups in total. The molecule has 1 unspecified atom stereocenters. The first-order valence-corrected chi connectivity index (χ1v) is 12.0. The minimum atomic E-state index is -0.324. The Morgan fingerprint density at radius 3 is 2.22 bits per heavy atom. The van der Waals surface area contributed by atoms with Crippen LogP contribution >= 0.6 is 11.8 Å². The SMILES string of the molecule is Cc1ccc(-n2c(SC(C)C(=O)Nc3c(C)cc(C)cc3C)nnc2N2CCCC2)cc1. The molecule has 6 nitrogen and oxygen atoms in total. The highest BCUT2D eigenvalue weighted by molar-refractivity contribution is 8.00. The lowest BCUT2D eigenvalue weighted by atomic mass is 10.1. The largest absolute Gasteiger partial charge is 0.341 e. The molecule has 1 aromatic heterocycles. The average Bonchev–Trinajstić information content (AvgIpc) is 3.41. The predicted molar refractivity (Wildman–Crippen MR) is 132 cm³/mol. The Morgan fingerprint density at radius 2 is 1.59 bits per heavy atom. The lowest BCUT2D eigenvalue weighted by Gasteiger charge is -2.19. The summed E-state index contributed by atoms with van der Waals surface area (Å²) in [6.45, 7) is 12.1. The van der Waals surface area contributed by atoms with Crippen molar-refractivity contribution in [2.75, 3.05) is 23.3 Å². The summed E-state index contributed by atoms with van der Waals surface area (Å²) in [6, 6.07) is 12.6. The van der Waals surface area contributed by atoms with Gasteiger partial charge in [0.05, 0.1) is 10.9 Å². The third kappa shape index (κ3) is 4.67. The van der Waals surface area contributed by atoms with Crippen LogP contribution in [0.3, 0.4) is 0 Å². The van der Waals surface area contributed by atoms with Crippen LogP contribution in [0.4, 0.5) is 11.6 Å². The molecule has 0 aliphatic carbocycles. The molecule has 1 amide bonds. The first-order chi connectivity index (χ1) is 15.3. The lowest BCUT2D eigenvalue weighted by molar-refractivity contribution is -0.115. The fourth-order valence-corrected chi connectivity index (χ4v) is 5.06. The molecule has 168 valence electrons. The van der Waals surface area contributed by atoms with E-state index in [1.807, 2.05) is 20.8 Å². The van der Waals surface area contributed by atoms with Crippen LogP contribution in [0.2, 0.25) is 0 Å². The summed E-state index contributed by atoms with van der Waals surface area (Å²) >= 11 is 1.44. The number of rotatable bonds is 6. The molecule has 1 aliphatic heterocycles. The van der Waals surface area contributed by atoms with Gasteiger partial charge in [-0.05, 0) is 70.7 Å². The van der Waals surface area contributed by atoms with E-state index < -0.39 is 0 Å². The van der Waals surface area contributed by atoms with Gasteiger partial charge >= 0.3 is 0 Å². The van der Waals surface area contributed by atoms with Crippen molar-refractivity contribution in [1.29, 1.82) is 0 Å². The molecule has 3 aromatic rings. The molecular weight excluding hydrogens is 418 g/mol. The highest BCUT2D eigenvalue weighted by Gasteiger charge is 2.25. The Morgan fingerprint density at radius 1 is 0.969 bits per heavy atom. The van der Waals surface area contributed by atoms with Crippen LogP contribution in [0, 0.1) is 27.7 Å². The number of hydrogen-bond donors (Lipinski definition) is 1. The highest BCUT2D eigenvalue weighted by atomic mass is 32.2. The van der Waals surface area contributed by atoms with E-state index in [-0.39, 0.29) is 11.2 Å². The van der Waals surface area contributed by atoms with Crippen molar-refractivity contribution >= 4 is 29.3 Å². The third-order valence-corrected chi connectivity index (χ3v) is 6.92. The molecule has 1 saturated heterocycles. The van der Waals surface area contributed by atoms with Crippen LogP contribution in [0.5, 0.6) is 0 Å². The Hall–Kier alpha value is -2.80. The number of amides is 1. The van der Waals surface area contributed by atoms with E-state index in [0.29, 0.717) is 0 Å². The van der Waals surface area contributed by atoms with Crippen LogP contribution in [0.25, 0.3) is 5.69 Å². The third-order valence-electron chi connectivity index (χ3n) is 5.87. The van der Waals surface area contributed by atoms with Crippen LogP contribution in [-0.2, 0) is 4.79 Å². The maximum absolute atomic E-state index is 13.1. The molecule has 1 aliphatic rings. The number of hydrogen-bond acceptors (Lipinski definition) is 5. The molecule has 32 heavy (non-hydrogen) atoms. The van der Waals surface area contributed by atoms with Crippen LogP contribution < -0.4 is 10.2 Å². The molecular formula is C25H31N5OS. The minimum Gasteiger partial charge on any atom is -0.341 e. The number of aromatic nitrogens is 3. The van der Waals surface area contributed by atoms with E-state index in [4.69, 9.17) is 0 Å². The maximum atomic E-state index is 13.1. The van der Waals surface area contributed by atoms with Gasteiger partial charge in [0.25, 0.3) is 0 Å². The highest BCUT2D eigenvalue weighted by Crippen LogP contribution is 2.31. The Kier molecular flexibility index (Phi) is 6.55. The minimum absolute atomic E-state index is 0.0359. The zero-order chi connectivity index (χ0) is 22.8. The molecule has 7 heteroatoms. The molecule has 1 atom stereocenters. The van der Waals surface area contributed by atoms with Gasteiger partial charge in [-0.2, -0.15) is 0 Å². The second kappa shape index (κ2) is 9.36. The summed E-state index contributed by atoms with van der Waals surface area (Å²) in [5.74, 6) is 0.818. The first kappa shape index (κ1) is 22.4. The van der Waals surface area contributed by atoms with Crippen molar-refractivity contribution in [3.8, 4) is 5.69 Å². The normalized spacial score (nSPS) is 14.6. The van der Waals surface area contributed by atoms with Gasteiger partial charge in [0.2, 0.25) is 11.9 Å². The smallest absolute Gasteiger partial charge is 0.237 e. The summed E-state index contributed by atoms with van der Waals surface area (Å²) in [5.41, 5.74) is 6.46. The zero-order valence-corrected chi connectivity index (χ0v) is 20.3. The van der Waals surface area contributed by atoms with Gasteiger partial charge in [-0.25, -0.2) is 0 Å². The summed E-state index contributed by atoms with van der Waals surface area (Å²) in [7, 11) is 0. The van der Waals surface area contributed by atoms with Crippen molar-refractivity contribution in [1.82, 2.24) is 14.8 Å². The average molecular weight is 450 g/mol. The summed E-state index contributed by atoms with van der Waals surface area (Å²) < 4.78 is 2.08. The number of carbonyl (C=O) groups is 1. The van der Waals surface area contributed by atoms with Gasteiger partial charge < -0.3 is 10.2 Å². The van der Waals surface area contributed by atoms with Crippen LogP contribution in [0.15, 0.2) is 41.6 Å². The van der Waals surface area contributed by atoms with Crippen molar-refractivity contribution in [3.05, 3.63) is 58.7 Å². The first-order valence-electron chi connectivity index (χ1n) is 11.2. The quantitative estimate of drug-likeness (QED) is 0.523. The number of anilines is 2. The van der Waals surface area contributed by atoms with Gasteiger partial charge in [0.15, 0.2) is 5.16 Å². The van der Waals surface area contributed by atoms with Gasteiger partial charge in [0.1, 0.15) is 0 Å². The Labute approximate surface area is 194 Å². The maximum Gasteiger partial charge on any atom is 0.237 e. The standard InChI is InChI=1S/C25H31N5OS/c1-16-8-10-21(11-9-16)30-24(29-12-6-7-13-29)27-28-25(30)32-20(5)23(31)26-22-18(3)14-17(2)15-19(22)4/h8-11,14-15,20H,6-7,12-13H2,1-5H3,(H,26,31). The van der Waals surface area contributed by atoms with Crippen molar-refractivity contribution in [2.45, 2.75) is 57.9 Å². The van der Waals surface area contributed by atoms with Gasteiger partial charge in [-0.3, -0.25) is 9.36 Å². The molecule has 1 fully saturated rings. The van der Waals surface area contributed by atoms with Crippen molar-refractivity contribution < 1.29 is 4.79 Å². The predicted octanol–water partition coefficient (Wildman–Crippen LogP) is 5.22. The molecule has 2 heterocycles. The van der Waals surface area contributed by atoms with Gasteiger partial charge in [-0.15, -0.1) is 10.2 Å². The van der Waals surface area contributed by atoms with Crippen molar-refractivity contribution in [2.24, 2.45) is 0 Å². The molecule has 0 bridgehead atoms. The Bertz CT molecular complexity index is 1090. The van der Waals surface area contributed by atoms with Crippen molar-refractivity contribution in [3.63, 3.8) is 0 Å². The monoisotopic (exact) mass is 449 g/mol. The number of nitrogens with one attached hydrogen (secondary N) is 1. The molecule has 2 aromatic carbocycles. The topological polar surface area (TPSA) is 63.1 Å². The van der Waals surface area contributed by atoms with Crippen LogP contribution in [0.1, 0.15) is 42.0 Å². The van der Waals surface area contributed by atoms with E-state index in [1.165, 1.54) is 22.9 Å². The number of carbonyl (C=O) groups excluding carboxylic acids is 1. The number of nitrogens with zero attached hydrogens (tertiary/aromatic N) is 4. The van der Waals surface area contributed by atoms with Gasteiger partial charge in [0, 0.05) is 18.8 Å². The Balaban J connectivity index is 1.59. The van der Waals surface area contributed by atoms with E-state index in [1.54, 1.807) is 0 Å².